The molecule has 92 valence electrons. The summed E-state index contributed by atoms with van der Waals surface area (Å²) in [6.07, 6.45) is 3.54. The Labute approximate surface area is 96.6 Å². The van der Waals surface area contributed by atoms with Gasteiger partial charge in [-0.15, -0.1) is 0 Å². The summed E-state index contributed by atoms with van der Waals surface area (Å²) in [5, 5.41) is 0. The van der Waals surface area contributed by atoms with Crippen LogP contribution < -0.4 is 0 Å². The summed E-state index contributed by atoms with van der Waals surface area (Å²) in [6.45, 7) is 16.7. The molecule has 0 atom stereocenters. The van der Waals surface area contributed by atoms with Crippen molar-refractivity contribution in [2.45, 2.75) is 73.3 Å². The van der Waals surface area contributed by atoms with Crippen LogP contribution in [0.15, 0.2) is 0 Å². The smallest absolute Gasteiger partial charge is 0.0626 e. The van der Waals surface area contributed by atoms with E-state index >= 15 is 0 Å². The van der Waals surface area contributed by atoms with Crippen molar-refractivity contribution in [3.8, 4) is 0 Å². The lowest BCUT2D eigenvalue weighted by Crippen LogP contribution is -2.27. The molecule has 0 aromatic heterocycles. The third-order valence-corrected chi connectivity index (χ3v) is 2.67. The van der Waals surface area contributed by atoms with Crippen LogP contribution in [-0.2, 0) is 4.74 Å². The molecule has 0 aromatic carbocycles. The Morgan fingerprint density at radius 2 is 1.47 bits per heavy atom. The van der Waals surface area contributed by atoms with E-state index in [-0.39, 0.29) is 5.60 Å². The second-order valence-corrected chi connectivity index (χ2v) is 6.85. The Morgan fingerprint density at radius 3 is 1.87 bits per heavy atom. The number of ether oxygens (including phenoxy) is 1. The molecule has 0 aromatic rings. The molecule has 0 radical (unpaired) electrons. The van der Waals surface area contributed by atoms with Crippen LogP contribution in [0.3, 0.4) is 0 Å². The van der Waals surface area contributed by atoms with E-state index < -0.39 is 0 Å². The van der Waals surface area contributed by atoms with Gasteiger partial charge >= 0.3 is 0 Å². The summed E-state index contributed by atoms with van der Waals surface area (Å²) in [6, 6.07) is 0. The largest absolute Gasteiger partial charge is 0.376 e. The lowest BCUT2D eigenvalue weighted by Gasteiger charge is -2.29. The predicted octanol–water partition coefficient (Wildman–Crippen LogP) is 4.65. The van der Waals surface area contributed by atoms with Gasteiger partial charge in [0.05, 0.1) is 5.60 Å². The Hall–Kier alpha value is -0.0400. The van der Waals surface area contributed by atoms with Crippen molar-refractivity contribution in [2.24, 2.45) is 11.3 Å². The Morgan fingerprint density at radius 1 is 0.933 bits per heavy atom. The van der Waals surface area contributed by atoms with E-state index in [1.807, 2.05) is 0 Å². The zero-order chi connectivity index (χ0) is 12.1. The molecule has 0 unspecified atom stereocenters. The maximum Gasteiger partial charge on any atom is 0.0626 e. The highest BCUT2D eigenvalue weighted by Gasteiger charge is 2.21. The maximum atomic E-state index is 5.94. The minimum Gasteiger partial charge on any atom is -0.376 e. The molecule has 0 spiro atoms. The highest BCUT2D eigenvalue weighted by atomic mass is 16.5. The molecule has 1 nitrogen and oxygen atoms in total. The second kappa shape index (κ2) is 5.89. The number of rotatable bonds is 6. The van der Waals surface area contributed by atoms with Gasteiger partial charge in [-0.05, 0) is 44.4 Å². The standard InChI is InChI=1S/C14H30O/c1-12(2)8-11-15-14(6,7)10-9-13(3,4)5/h12H,8-11H2,1-7H3. The fourth-order valence-corrected chi connectivity index (χ4v) is 1.32. The van der Waals surface area contributed by atoms with Gasteiger partial charge in [-0.2, -0.15) is 0 Å². The SMILES string of the molecule is CC(C)CCOC(C)(C)CCC(C)(C)C. The van der Waals surface area contributed by atoms with Gasteiger partial charge in [0.15, 0.2) is 0 Å². The molecule has 0 fully saturated rings. The van der Waals surface area contributed by atoms with E-state index in [0.29, 0.717) is 5.41 Å². The van der Waals surface area contributed by atoms with Crippen molar-refractivity contribution in [3.05, 3.63) is 0 Å². The molecule has 1 heteroatoms. The van der Waals surface area contributed by atoms with Crippen molar-refractivity contribution in [3.63, 3.8) is 0 Å². The van der Waals surface area contributed by atoms with Gasteiger partial charge in [0.1, 0.15) is 0 Å². The molecule has 0 aliphatic heterocycles. The normalized spacial score (nSPS) is 13.6. The summed E-state index contributed by atoms with van der Waals surface area (Å²) < 4.78 is 5.94. The molecule has 0 amide bonds. The van der Waals surface area contributed by atoms with Crippen LogP contribution in [-0.4, -0.2) is 12.2 Å². The van der Waals surface area contributed by atoms with Crippen molar-refractivity contribution in [1.29, 1.82) is 0 Å². The van der Waals surface area contributed by atoms with Crippen LogP contribution in [0.25, 0.3) is 0 Å². The average molecular weight is 214 g/mol. The van der Waals surface area contributed by atoms with Gasteiger partial charge in [0.2, 0.25) is 0 Å². The van der Waals surface area contributed by atoms with E-state index in [1.54, 1.807) is 0 Å². The predicted molar refractivity (Wildman–Crippen MR) is 68.2 cm³/mol. The molecule has 0 rings (SSSR count). The van der Waals surface area contributed by atoms with E-state index in [1.165, 1.54) is 12.8 Å². The molecule has 0 heterocycles. The van der Waals surface area contributed by atoms with Gasteiger partial charge in [0.25, 0.3) is 0 Å². The van der Waals surface area contributed by atoms with Crippen molar-refractivity contribution >= 4 is 0 Å². The zero-order valence-electron chi connectivity index (χ0n) is 11.8. The first-order chi connectivity index (χ1) is 6.62. The van der Waals surface area contributed by atoms with Gasteiger partial charge in [-0.25, -0.2) is 0 Å². The van der Waals surface area contributed by atoms with Crippen molar-refractivity contribution in [2.75, 3.05) is 6.61 Å². The second-order valence-electron chi connectivity index (χ2n) is 6.85. The molecular formula is C14H30O. The van der Waals surface area contributed by atoms with E-state index in [2.05, 4.69) is 48.5 Å². The van der Waals surface area contributed by atoms with Gasteiger partial charge in [-0.3, -0.25) is 0 Å². The Balaban J connectivity index is 3.77. The van der Waals surface area contributed by atoms with Crippen LogP contribution in [0.4, 0.5) is 0 Å². The summed E-state index contributed by atoms with van der Waals surface area (Å²) >= 11 is 0. The van der Waals surface area contributed by atoms with E-state index in [0.717, 1.165) is 18.9 Å². The quantitative estimate of drug-likeness (QED) is 0.625. The number of hydrogen-bond donors (Lipinski definition) is 0. The van der Waals surface area contributed by atoms with Gasteiger partial charge in [-0.1, -0.05) is 34.6 Å². The van der Waals surface area contributed by atoms with Crippen LogP contribution in [0.1, 0.15) is 67.7 Å². The minimum absolute atomic E-state index is 0.0438. The summed E-state index contributed by atoms with van der Waals surface area (Å²) in [7, 11) is 0. The van der Waals surface area contributed by atoms with Gasteiger partial charge in [0, 0.05) is 6.61 Å². The summed E-state index contributed by atoms with van der Waals surface area (Å²) in [5.41, 5.74) is 0.459. The van der Waals surface area contributed by atoms with E-state index in [4.69, 9.17) is 4.74 Å². The molecule has 0 saturated carbocycles. The van der Waals surface area contributed by atoms with Crippen molar-refractivity contribution < 1.29 is 4.74 Å². The first-order valence-corrected chi connectivity index (χ1v) is 6.26. The molecule has 0 aliphatic carbocycles. The topological polar surface area (TPSA) is 9.23 Å². The van der Waals surface area contributed by atoms with Crippen molar-refractivity contribution in [1.82, 2.24) is 0 Å². The van der Waals surface area contributed by atoms with E-state index in [9.17, 15) is 0 Å². The number of hydrogen-bond acceptors (Lipinski definition) is 1. The molecule has 0 saturated heterocycles. The molecule has 15 heavy (non-hydrogen) atoms. The lowest BCUT2D eigenvalue weighted by atomic mass is 9.86. The maximum absolute atomic E-state index is 5.94. The summed E-state index contributed by atoms with van der Waals surface area (Å²) in [4.78, 5) is 0. The van der Waals surface area contributed by atoms with Gasteiger partial charge < -0.3 is 4.74 Å². The third kappa shape index (κ3) is 10.2. The van der Waals surface area contributed by atoms with Crippen LogP contribution in [0.5, 0.6) is 0 Å². The highest BCUT2D eigenvalue weighted by Crippen LogP contribution is 2.27. The third-order valence-electron chi connectivity index (χ3n) is 2.67. The average Bonchev–Trinajstić information content (AvgIpc) is 1.99. The minimum atomic E-state index is 0.0438. The van der Waals surface area contributed by atoms with Crippen LogP contribution in [0.2, 0.25) is 0 Å². The molecule has 0 N–H and O–H groups in total. The zero-order valence-corrected chi connectivity index (χ0v) is 11.8. The Kier molecular flexibility index (Phi) is 5.87. The monoisotopic (exact) mass is 214 g/mol. The first kappa shape index (κ1) is 15.0. The molecule has 0 aliphatic rings. The fraction of sp³-hybridized carbons (Fsp3) is 1.00. The molecular weight excluding hydrogens is 184 g/mol. The fourth-order valence-electron chi connectivity index (χ4n) is 1.32. The first-order valence-electron chi connectivity index (χ1n) is 6.26. The Bertz CT molecular complexity index is 163. The van der Waals surface area contributed by atoms with Crippen LogP contribution in [0, 0.1) is 11.3 Å². The lowest BCUT2D eigenvalue weighted by molar-refractivity contribution is -0.0338. The van der Waals surface area contributed by atoms with Crippen LogP contribution >= 0.6 is 0 Å². The highest BCUT2D eigenvalue weighted by molar-refractivity contribution is 4.73. The summed E-state index contributed by atoms with van der Waals surface area (Å²) in [5.74, 6) is 0.739. The molecule has 0 bridgehead atoms.